The SMILES string of the molecule is CN(C)C(=O)N1CCC(C(=O)NC(Cc2ccncc2)C(=O)O)CC1. The second-order valence-electron chi connectivity index (χ2n) is 6.40. The number of nitrogens with one attached hydrogen (secondary N) is 1. The van der Waals surface area contributed by atoms with Crippen molar-refractivity contribution in [2.45, 2.75) is 25.3 Å². The minimum atomic E-state index is -1.06. The zero-order valence-corrected chi connectivity index (χ0v) is 14.5. The van der Waals surface area contributed by atoms with Gasteiger partial charge in [0.15, 0.2) is 0 Å². The molecule has 0 radical (unpaired) electrons. The number of rotatable bonds is 5. The normalized spacial score (nSPS) is 16.2. The summed E-state index contributed by atoms with van der Waals surface area (Å²) in [6, 6.07) is 2.41. The Balaban J connectivity index is 1.89. The number of carboxylic acid groups (broad SMARTS) is 1. The van der Waals surface area contributed by atoms with Crippen LogP contribution in [0.15, 0.2) is 24.5 Å². The van der Waals surface area contributed by atoms with Crippen molar-refractivity contribution in [2.24, 2.45) is 5.92 Å². The minimum absolute atomic E-state index is 0.0695. The Morgan fingerprint density at radius 2 is 1.88 bits per heavy atom. The maximum atomic E-state index is 12.4. The fourth-order valence-corrected chi connectivity index (χ4v) is 2.86. The summed E-state index contributed by atoms with van der Waals surface area (Å²) in [5.74, 6) is -1.60. The molecule has 136 valence electrons. The first-order valence-electron chi connectivity index (χ1n) is 8.26. The van der Waals surface area contributed by atoms with Crippen LogP contribution in [0, 0.1) is 5.92 Å². The number of urea groups is 1. The van der Waals surface area contributed by atoms with Crippen LogP contribution in [0.25, 0.3) is 0 Å². The van der Waals surface area contributed by atoms with Crippen LogP contribution < -0.4 is 5.32 Å². The number of likely N-dealkylation sites (tertiary alicyclic amines) is 1. The van der Waals surface area contributed by atoms with E-state index >= 15 is 0 Å². The van der Waals surface area contributed by atoms with Crippen molar-refractivity contribution >= 4 is 17.9 Å². The van der Waals surface area contributed by atoms with E-state index in [1.54, 1.807) is 43.5 Å². The summed E-state index contributed by atoms with van der Waals surface area (Å²) in [6.45, 7) is 0.994. The first-order valence-corrected chi connectivity index (χ1v) is 8.26. The van der Waals surface area contributed by atoms with Gasteiger partial charge in [-0.3, -0.25) is 9.78 Å². The van der Waals surface area contributed by atoms with Gasteiger partial charge in [0.25, 0.3) is 0 Å². The average Bonchev–Trinajstić information content (AvgIpc) is 2.61. The van der Waals surface area contributed by atoms with Gasteiger partial charge >= 0.3 is 12.0 Å². The molecule has 0 saturated carbocycles. The van der Waals surface area contributed by atoms with Crippen LogP contribution >= 0.6 is 0 Å². The van der Waals surface area contributed by atoms with Crippen molar-refractivity contribution in [2.75, 3.05) is 27.2 Å². The summed E-state index contributed by atoms with van der Waals surface area (Å²) < 4.78 is 0. The third-order valence-corrected chi connectivity index (χ3v) is 4.32. The van der Waals surface area contributed by atoms with E-state index in [9.17, 15) is 19.5 Å². The van der Waals surface area contributed by atoms with Crippen molar-refractivity contribution in [3.8, 4) is 0 Å². The highest BCUT2D eigenvalue weighted by molar-refractivity contribution is 5.85. The van der Waals surface area contributed by atoms with Crippen LogP contribution in [0.2, 0.25) is 0 Å². The molecule has 0 bridgehead atoms. The molecule has 2 rings (SSSR count). The minimum Gasteiger partial charge on any atom is -0.480 e. The number of piperidine rings is 1. The first kappa shape index (κ1) is 18.7. The van der Waals surface area contributed by atoms with Crippen LogP contribution in [0.3, 0.4) is 0 Å². The molecule has 1 fully saturated rings. The van der Waals surface area contributed by atoms with Gasteiger partial charge in [0, 0.05) is 51.9 Å². The number of aromatic nitrogens is 1. The molecular weight excluding hydrogens is 324 g/mol. The maximum Gasteiger partial charge on any atom is 0.326 e. The third-order valence-electron chi connectivity index (χ3n) is 4.32. The summed E-state index contributed by atoms with van der Waals surface area (Å²) in [4.78, 5) is 42.9. The lowest BCUT2D eigenvalue weighted by Crippen LogP contribution is -2.49. The third kappa shape index (κ3) is 5.17. The molecule has 8 heteroatoms. The molecule has 25 heavy (non-hydrogen) atoms. The van der Waals surface area contributed by atoms with E-state index in [-0.39, 0.29) is 24.3 Å². The molecule has 2 heterocycles. The van der Waals surface area contributed by atoms with Gasteiger partial charge in [-0.05, 0) is 30.5 Å². The Kier molecular flexibility index (Phi) is 6.32. The van der Waals surface area contributed by atoms with E-state index in [2.05, 4.69) is 10.3 Å². The number of pyridine rings is 1. The topological polar surface area (TPSA) is 103 Å². The fraction of sp³-hybridized carbons (Fsp3) is 0.529. The zero-order valence-electron chi connectivity index (χ0n) is 14.5. The quantitative estimate of drug-likeness (QED) is 0.810. The number of carbonyl (C=O) groups is 3. The van der Waals surface area contributed by atoms with E-state index in [1.807, 2.05) is 0 Å². The number of carboxylic acids is 1. The van der Waals surface area contributed by atoms with Crippen LogP contribution in [0.1, 0.15) is 18.4 Å². The molecule has 1 unspecified atom stereocenters. The van der Waals surface area contributed by atoms with Crippen molar-refractivity contribution in [3.63, 3.8) is 0 Å². The Labute approximate surface area is 146 Å². The molecule has 3 amide bonds. The van der Waals surface area contributed by atoms with Gasteiger partial charge in [-0.2, -0.15) is 0 Å². The predicted octanol–water partition coefficient (Wildman–Crippen LogP) is 0.587. The van der Waals surface area contributed by atoms with Crippen molar-refractivity contribution in [3.05, 3.63) is 30.1 Å². The molecule has 8 nitrogen and oxygen atoms in total. The molecule has 0 aromatic carbocycles. The van der Waals surface area contributed by atoms with E-state index < -0.39 is 12.0 Å². The number of nitrogens with zero attached hydrogens (tertiary/aromatic N) is 3. The first-order chi connectivity index (χ1) is 11.9. The van der Waals surface area contributed by atoms with E-state index in [0.717, 1.165) is 5.56 Å². The molecule has 1 atom stereocenters. The number of aliphatic carboxylic acids is 1. The standard InChI is InChI=1S/C17H24N4O4/c1-20(2)17(25)21-9-5-13(6-10-21)15(22)19-14(16(23)24)11-12-3-7-18-8-4-12/h3-4,7-8,13-14H,5-6,9-11H2,1-2H3,(H,19,22)(H,23,24). The number of hydrogen-bond acceptors (Lipinski definition) is 4. The summed E-state index contributed by atoms with van der Waals surface area (Å²) in [7, 11) is 3.38. The number of carbonyl (C=O) groups excluding carboxylic acids is 2. The molecule has 1 aliphatic rings. The molecule has 1 saturated heterocycles. The van der Waals surface area contributed by atoms with Crippen molar-refractivity contribution in [1.82, 2.24) is 20.1 Å². The van der Waals surface area contributed by atoms with Gasteiger partial charge in [0.05, 0.1) is 0 Å². The van der Waals surface area contributed by atoms with Crippen molar-refractivity contribution in [1.29, 1.82) is 0 Å². The largest absolute Gasteiger partial charge is 0.480 e. The van der Waals surface area contributed by atoms with E-state index in [1.165, 1.54) is 4.90 Å². The monoisotopic (exact) mass is 348 g/mol. The smallest absolute Gasteiger partial charge is 0.326 e. The highest BCUT2D eigenvalue weighted by Crippen LogP contribution is 2.18. The fourth-order valence-electron chi connectivity index (χ4n) is 2.86. The van der Waals surface area contributed by atoms with Gasteiger partial charge < -0.3 is 20.2 Å². The van der Waals surface area contributed by atoms with Crippen molar-refractivity contribution < 1.29 is 19.5 Å². The molecule has 2 N–H and O–H groups in total. The molecule has 1 aromatic heterocycles. The Morgan fingerprint density at radius 3 is 2.40 bits per heavy atom. The van der Waals surface area contributed by atoms with Crippen LogP contribution in [0.4, 0.5) is 4.79 Å². The van der Waals surface area contributed by atoms with Gasteiger partial charge in [-0.25, -0.2) is 9.59 Å². The van der Waals surface area contributed by atoms with Gasteiger partial charge in [-0.15, -0.1) is 0 Å². The Hall–Kier alpha value is -2.64. The Bertz CT molecular complexity index is 612. The lowest BCUT2D eigenvalue weighted by Gasteiger charge is -2.33. The predicted molar refractivity (Wildman–Crippen MR) is 90.9 cm³/mol. The van der Waals surface area contributed by atoms with Gasteiger partial charge in [0.1, 0.15) is 6.04 Å². The van der Waals surface area contributed by atoms with Crippen LogP contribution in [-0.4, -0.2) is 71.0 Å². The summed E-state index contributed by atoms with van der Waals surface area (Å²) >= 11 is 0. The average molecular weight is 348 g/mol. The summed E-state index contributed by atoms with van der Waals surface area (Å²) in [5.41, 5.74) is 0.800. The van der Waals surface area contributed by atoms with Gasteiger partial charge in [0.2, 0.25) is 5.91 Å². The van der Waals surface area contributed by atoms with Gasteiger partial charge in [-0.1, -0.05) is 0 Å². The lowest BCUT2D eigenvalue weighted by molar-refractivity contribution is -0.142. The highest BCUT2D eigenvalue weighted by atomic mass is 16.4. The lowest BCUT2D eigenvalue weighted by atomic mass is 9.95. The summed E-state index contributed by atoms with van der Waals surface area (Å²) in [5, 5.41) is 12.0. The molecule has 1 aliphatic heterocycles. The Morgan fingerprint density at radius 1 is 1.28 bits per heavy atom. The molecule has 0 spiro atoms. The van der Waals surface area contributed by atoms with Crippen LogP contribution in [-0.2, 0) is 16.0 Å². The molecule has 1 aromatic rings. The second-order valence-corrected chi connectivity index (χ2v) is 6.40. The second kappa shape index (κ2) is 8.46. The molecule has 0 aliphatic carbocycles. The zero-order chi connectivity index (χ0) is 18.4. The highest BCUT2D eigenvalue weighted by Gasteiger charge is 2.30. The number of amides is 3. The van der Waals surface area contributed by atoms with Crippen LogP contribution in [0.5, 0.6) is 0 Å². The molecular formula is C17H24N4O4. The maximum absolute atomic E-state index is 12.4. The van der Waals surface area contributed by atoms with E-state index in [0.29, 0.717) is 25.9 Å². The van der Waals surface area contributed by atoms with E-state index in [4.69, 9.17) is 0 Å². The number of hydrogen-bond donors (Lipinski definition) is 2. The summed E-state index contributed by atoms with van der Waals surface area (Å²) in [6.07, 6.45) is 4.46.